The van der Waals surface area contributed by atoms with E-state index in [-0.39, 0.29) is 5.82 Å². The van der Waals surface area contributed by atoms with Crippen molar-refractivity contribution < 1.29 is 9.13 Å². The molecular formula is C22H28FN5OS. The van der Waals surface area contributed by atoms with Crippen LogP contribution in [0.4, 0.5) is 10.1 Å². The lowest BCUT2D eigenvalue weighted by molar-refractivity contribution is 0.232. The standard InChI is InChI=1S/C22H28FN5OS/c23-19-7-4-17(5-8-19)16-29-21-14-20(24)9-6-18(21)15-26-27-22(30)25-10-13-28-11-2-1-3-12-28/h4-9,14-15H,1-3,10-13,16,24H2,(H2,25,27,30)/b26-15+. The second-order valence-electron chi connectivity index (χ2n) is 7.24. The number of nitrogens with two attached hydrogens (primary N) is 1. The number of likely N-dealkylation sites (tertiary alicyclic amines) is 1. The molecule has 4 N–H and O–H groups in total. The van der Waals surface area contributed by atoms with Crippen molar-refractivity contribution in [1.82, 2.24) is 15.6 Å². The van der Waals surface area contributed by atoms with Gasteiger partial charge in [0.15, 0.2) is 5.11 Å². The van der Waals surface area contributed by atoms with Crippen LogP contribution in [0.25, 0.3) is 0 Å². The van der Waals surface area contributed by atoms with E-state index in [0.717, 1.165) is 37.3 Å². The second-order valence-corrected chi connectivity index (χ2v) is 7.65. The molecule has 6 nitrogen and oxygen atoms in total. The summed E-state index contributed by atoms with van der Waals surface area (Å²) in [6, 6.07) is 11.5. The van der Waals surface area contributed by atoms with Gasteiger partial charge in [0, 0.05) is 30.4 Å². The molecule has 1 fully saturated rings. The molecule has 0 amide bonds. The third-order valence-electron chi connectivity index (χ3n) is 4.88. The summed E-state index contributed by atoms with van der Waals surface area (Å²) in [6.45, 7) is 4.39. The van der Waals surface area contributed by atoms with Crippen molar-refractivity contribution in [2.24, 2.45) is 5.10 Å². The molecule has 0 unspecified atom stereocenters. The monoisotopic (exact) mass is 429 g/mol. The van der Waals surface area contributed by atoms with Crippen molar-refractivity contribution in [3.63, 3.8) is 0 Å². The number of hydrogen-bond donors (Lipinski definition) is 3. The van der Waals surface area contributed by atoms with E-state index in [0.29, 0.717) is 23.2 Å². The number of hydrogen-bond acceptors (Lipinski definition) is 5. The molecule has 30 heavy (non-hydrogen) atoms. The highest BCUT2D eigenvalue weighted by Crippen LogP contribution is 2.21. The lowest BCUT2D eigenvalue weighted by Gasteiger charge is -2.26. The van der Waals surface area contributed by atoms with Gasteiger partial charge in [0.25, 0.3) is 0 Å². The summed E-state index contributed by atoms with van der Waals surface area (Å²) in [5.41, 5.74) is 10.9. The molecule has 2 aromatic rings. The first kappa shape index (κ1) is 22.0. The van der Waals surface area contributed by atoms with Gasteiger partial charge in [0.05, 0.1) is 6.21 Å². The van der Waals surface area contributed by atoms with E-state index in [4.69, 9.17) is 22.7 Å². The number of anilines is 1. The van der Waals surface area contributed by atoms with Crippen molar-refractivity contribution >= 4 is 29.2 Å². The third kappa shape index (κ3) is 7.27. The fraction of sp³-hybridized carbons (Fsp3) is 0.364. The van der Waals surface area contributed by atoms with Gasteiger partial charge < -0.3 is 20.7 Å². The number of piperidine rings is 1. The largest absolute Gasteiger partial charge is 0.488 e. The molecule has 0 saturated carbocycles. The van der Waals surface area contributed by atoms with Crippen LogP contribution in [0.1, 0.15) is 30.4 Å². The Morgan fingerprint density at radius 1 is 1.17 bits per heavy atom. The van der Waals surface area contributed by atoms with Gasteiger partial charge in [0.1, 0.15) is 18.2 Å². The number of benzene rings is 2. The van der Waals surface area contributed by atoms with Gasteiger partial charge in [-0.25, -0.2) is 4.39 Å². The van der Waals surface area contributed by atoms with Crippen molar-refractivity contribution in [1.29, 1.82) is 0 Å². The van der Waals surface area contributed by atoms with Crippen molar-refractivity contribution in [2.75, 3.05) is 31.9 Å². The van der Waals surface area contributed by atoms with Crippen LogP contribution in [0.15, 0.2) is 47.6 Å². The maximum atomic E-state index is 13.0. The molecule has 3 rings (SSSR count). The van der Waals surface area contributed by atoms with Gasteiger partial charge in [-0.3, -0.25) is 5.43 Å². The Kier molecular flexibility index (Phi) is 8.41. The molecule has 0 aromatic heterocycles. The molecule has 1 aliphatic rings. The van der Waals surface area contributed by atoms with Crippen LogP contribution in [-0.4, -0.2) is 42.4 Å². The van der Waals surface area contributed by atoms with Crippen molar-refractivity contribution in [3.8, 4) is 5.75 Å². The molecule has 0 atom stereocenters. The zero-order valence-corrected chi connectivity index (χ0v) is 17.8. The lowest BCUT2D eigenvalue weighted by Crippen LogP contribution is -2.40. The molecule has 1 heterocycles. The molecule has 0 radical (unpaired) electrons. The topological polar surface area (TPSA) is 74.9 Å². The average Bonchev–Trinajstić information content (AvgIpc) is 2.75. The van der Waals surface area contributed by atoms with E-state index < -0.39 is 0 Å². The molecule has 0 bridgehead atoms. The molecule has 0 spiro atoms. The number of nitrogens with one attached hydrogen (secondary N) is 2. The Hall–Kier alpha value is -2.71. The number of rotatable bonds is 8. The molecule has 1 saturated heterocycles. The number of ether oxygens (including phenoxy) is 1. The Labute approximate surface area is 182 Å². The maximum absolute atomic E-state index is 13.0. The van der Waals surface area contributed by atoms with Gasteiger partial charge in [-0.15, -0.1) is 0 Å². The minimum atomic E-state index is -0.276. The first-order valence-corrected chi connectivity index (χ1v) is 10.6. The van der Waals surface area contributed by atoms with Crippen LogP contribution in [-0.2, 0) is 6.61 Å². The highest BCUT2D eigenvalue weighted by molar-refractivity contribution is 7.80. The number of halogens is 1. The van der Waals surface area contributed by atoms with Crippen molar-refractivity contribution in [2.45, 2.75) is 25.9 Å². The zero-order valence-electron chi connectivity index (χ0n) is 16.9. The maximum Gasteiger partial charge on any atom is 0.187 e. The summed E-state index contributed by atoms with van der Waals surface area (Å²) >= 11 is 5.28. The van der Waals surface area contributed by atoms with E-state index in [1.807, 2.05) is 6.07 Å². The smallest absolute Gasteiger partial charge is 0.187 e. The van der Waals surface area contributed by atoms with Crippen LogP contribution in [0.2, 0.25) is 0 Å². The van der Waals surface area contributed by atoms with Crippen LogP contribution in [0.3, 0.4) is 0 Å². The summed E-state index contributed by atoms with van der Waals surface area (Å²) in [7, 11) is 0. The van der Waals surface area contributed by atoms with Crippen LogP contribution in [0.5, 0.6) is 5.75 Å². The quantitative estimate of drug-likeness (QED) is 0.259. The molecule has 160 valence electrons. The van der Waals surface area contributed by atoms with Gasteiger partial charge in [-0.1, -0.05) is 18.6 Å². The first-order valence-electron chi connectivity index (χ1n) is 10.2. The SMILES string of the molecule is Nc1ccc(/C=N/NC(=S)NCCN2CCCCC2)c(OCc2ccc(F)cc2)c1. The van der Waals surface area contributed by atoms with Crippen LogP contribution >= 0.6 is 12.2 Å². The highest BCUT2D eigenvalue weighted by Gasteiger charge is 2.09. The summed E-state index contributed by atoms with van der Waals surface area (Å²) in [5, 5.41) is 7.85. The predicted molar refractivity (Wildman–Crippen MR) is 123 cm³/mol. The second kappa shape index (κ2) is 11.5. The lowest BCUT2D eigenvalue weighted by atomic mass is 10.1. The van der Waals surface area contributed by atoms with Crippen LogP contribution < -0.4 is 21.2 Å². The Balaban J connectivity index is 1.47. The Morgan fingerprint density at radius 3 is 2.70 bits per heavy atom. The van der Waals surface area contributed by atoms with Gasteiger partial charge in [-0.2, -0.15) is 5.10 Å². The summed E-state index contributed by atoms with van der Waals surface area (Å²) in [5.74, 6) is 0.316. The third-order valence-corrected chi connectivity index (χ3v) is 5.11. The number of nitrogens with zero attached hydrogens (tertiary/aromatic N) is 2. The van der Waals surface area contributed by atoms with Crippen LogP contribution in [0, 0.1) is 5.82 Å². The number of thiocarbonyl (C=S) groups is 1. The summed E-state index contributed by atoms with van der Waals surface area (Å²) in [6.07, 6.45) is 5.53. The first-order chi connectivity index (χ1) is 14.6. The van der Waals surface area contributed by atoms with E-state index in [9.17, 15) is 4.39 Å². The summed E-state index contributed by atoms with van der Waals surface area (Å²) in [4.78, 5) is 2.45. The molecule has 2 aromatic carbocycles. The predicted octanol–water partition coefficient (Wildman–Crippen LogP) is 3.27. The number of nitrogen functional groups attached to an aromatic ring is 1. The zero-order chi connectivity index (χ0) is 21.2. The molecule has 0 aliphatic carbocycles. The number of hydrazone groups is 1. The van der Waals surface area contributed by atoms with E-state index in [1.165, 1.54) is 31.4 Å². The summed E-state index contributed by atoms with van der Waals surface area (Å²) < 4.78 is 18.9. The minimum absolute atomic E-state index is 0.276. The fourth-order valence-electron chi connectivity index (χ4n) is 3.23. The van der Waals surface area contributed by atoms with Gasteiger partial charge in [-0.05, 0) is 68.0 Å². The normalized spacial score (nSPS) is 14.6. The molecule has 8 heteroatoms. The fourth-order valence-corrected chi connectivity index (χ4v) is 3.39. The van der Waals surface area contributed by atoms with E-state index in [2.05, 4.69) is 20.7 Å². The average molecular weight is 430 g/mol. The van der Waals surface area contributed by atoms with E-state index in [1.54, 1.807) is 30.5 Å². The van der Waals surface area contributed by atoms with E-state index >= 15 is 0 Å². The molecule has 1 aliphatic heterocycles. The minimum Gasteiger partial charge on any atom is -0.488 e. The molecular weight excluding hydrogens is 401 g/mol. The Bertz CT molecular complexity index is 853. The Morgan fingerprint density at radius 2 is 1.93 bits per heavy atom. The van der Waals surface area contributed by atoms with Crippen molar-refractivity contribution in [3.05, 3.63) is 59.4 Å². The highest BCUT2D eigenvalue weighted by atomic mass is 32.1. The van der Waals surface area contributed by atoms with Gasteiger partial charge >= 0.3 is 0 Å². The van der Waals surface area contributed by atoms with Gasteiger partial charge in [0.2, 0.25) is 0 Å².